The molecule has 0 atom stereocenters. The van der Waals surface area contributed by atoms with Gasteiger partial charge in [0.25, 0.3) is 5.91 Å². The Balaban J connectivity index is 1.48. The summed E-state index contributed by atoms with van der Waals surface area (Å²) in [5.74, 6) is 2.36. The zero-order chi connectivity index (χ0) is 19.8. The van der Waals surface area contributed by atoms with Gasteiger partial charge in [0.1, 0.15) is 5.75 Å². The average molecular weight is 383 g/mol. The van der Waals surface area contributed by atoms with Crippen molar-refractivity contribution in [1.82, 2.24) is 15.5 Å². The molecule has 3 rings (SSSR count). The van der Waals surface area contributed by atoms with Crippen LogP contribution in [0, 0.1) is 0 Å². The van der Waals surface area contributed by atoms with Gasteiger partial charge in [-0.3, -0.25) is 4.79 Å². The molecule has 0 saturated carbocycles. The molecular formula is C20H21N3O5. The lowest BCUT2D eigenvalue weighted by Crippen LogP contribution is -2.30. The number of benzene rings is 2. The van der Waals surface area contributed by atoms with Crippen molar-refractivity contribution >= 4 is 5.91 Å². The van der Waals surface area contributed by atoms with E-state index in [4.69, 9.17) is 18.7 Å². The van der Waals surface area contributed by atoms with Crippen molar-refractivity contribution in [3.05, 3.63) is 54.4 Å². The van der Waals surface area contributed by atoms with Crippen molar-refractivity contribution in [2.45, 2.75) is 6.42 Å². The minimum absolute atomic E-state index is 0.114. The summed E-state index contributed by atoms with van der Waals surface area (Å²) in [6.07, 6.45) is 0.405. The highest BCUT2D eigenvalue weighted by atomic mass is 16.5. The van der Waals surface area contributed by atoms with Crippen LogP contribution in [0.3, 0.4) is 0 Å². The third-order valence-corrected chi connectivity index (χ3v) is 3.90. The fourth-order valence-corrected chi connectivity index (χ4v) is 2.54. The Morgan fingerprint density at radius 1 is 1.00 bits per heavy atom. The second kappa shape index (κ2) is 9.40. The zero-order valence-electron chi connectivity index (χ0n) is 15.7. The van der Waals surface area contributed by atoms with Crippen LogP contribution in [0.2, 0.25) is 0 Å². The van der Waals surface area contributed by atoms with E-state index in [1.54, 1.807) is 26.4 Å². The minimum Gasteiger partial charge on any atom is -0.496 e. The SMILES string of the molecule is COc1ccccc1OCC(=O)NCCc1nc(-c2ccccc2OC)no1. The minimum atomic E-state index is -0.254. The van der Waals surface area contributed by atoms with E-state index < -0.39 is 0 Å². The van der Waals surface area contributed by atoms with Crippen LogP contribution in [0.25, 0.3) is 11.4 Å². The number of nitrogens with one attached hydrogen (secondary N) is 1. The monoisotopic (exact) mass is 383 g/mol. The van der Waals surface area contributed by atoms with E-state index in [9.17, 15) is 4.79 Å². The highest BCUT2D eigenvalue weighted by Crippen LogP contribution is 2.27. The lowest BCUT2D eigenvalue weighted by atomic mass is 10.2. The van der Waals surface area contributed by atoms with Gasteiger partial charge in [0.2, 0.25) is 11.7 Å². The molecule has 28 heavy (non-hydrogen) atoms. The molecule has 0 spiro atoms. The Morgan fingerprint density at radius 3 is 2.43 bits per heavy atom. The second-order valence-corrected chi connectivity index (χ2v) is 5.75. The zero-order valence-corrected chi connectivity index (χ0v) is 15.7. The molecule has 0 aliphatic rings. The number of para-hydroxylation sites is 3. The molecule has 0 aliphatic heterocycles. The van der Waals surface area contributed by atoms with Gasteiger partial charge in [-0.1, -0.05) is 29.4 Å². The highest BCUT2D eigenvalue weighted by molar-refractivity contribution is 5.77. The summed E-state index contributed by atoms with van der Waals surface area (Å²) in [4.78, 5) is 16.3. The quantitative estimate of drug-likeness (QED) is 0.606. The normalized spacial score (nSPS) is 10.4. The predicted molar refractivity (Wildman–Crippen MR) is 101 cm³/mol. The molecule has 146 valence electrons. The van der Waals surface area contributed by atoms with Gasteiger partial charge in [0.05, 0.1) is 19.8 Å². The number of methoxy groups -OCH3 is 2. The Bertz CT molecular complexity index is 925. The average Bonchev–Trinajstić information content (AvgIpc) is 3.21. The Morgan fingerprint density at radius 2 is 1.68 bits per heavy atom. The largest absolute Gasteiger partial charge is 0.496 e. The van der Waals surface area contributed by atoms with E-state index in [0.717, 1.165) is 5.56 Å². The first-order chi connectivity index (χ1) is 13.7. The number of nitrogens with zero attached hydrogens (tertiary/aromatic N) is 2. The summed E-state index contributed by atoms with van der Waals surface area (Å²) < 4.78 is 21.2. The van der Waals surface area contributed by atoms with Crippen molar-refractivity contribution in [3.63, 3.8) is 0 Å². The van der Waals surface area contributed by atoms with Gasteiger partial charge < -0.3 is 24.1 Å². The molecule has 0 saturated heterocycles. The molecule has 1 aromatic heterocycles. The fraction of sp³-hybridized carbons (Fsp3) is 0.250. The molecule has 0 aliphatic carbocycles. The number of carbonyl (C=O) groups is 1. The topological polar surface area (TPSA) is 95.7 Å². The number of hydrogen-bond donors (Lipinski definition) is 1. The summed E-state index contributed by atoms with van der Waals surface area (Å²) >= 11 is 0. The molecule has 0 fully saturated rings. The molecule has 2 aromatic carbocycles. The number of hydrogen-bond acceptors (Lipinski definition) is 7. The molecule has 0 radical (unpaired) electrons. The van der Waals surface area contributed by atoms with Crippen molar-refractivity contribution in [2.24, 2.45) is 0 Å². The van der Waals surface area contributed by atoms with Crippen LogP contribution in [0.4, 0.5) is 0 Å². The second-order valence-electron chi connectivity index (χ2n) is 5.75. The molecule has 1 amide bonds. The van der Waals surface area contributed by atoms with Crippen molar-refractivity contribution < 1.29 is 23.5 Å². The third kappa shape index (κ3) is 4.79. The Kier molecular flexibility index (Phi) is 6.46. The number of ether oxygens (including phenoxy) is 3. The molecule has 1 N–H and O–H groups in total. The van der Waals surface area contributed by atoms with Crippen LogP contribution < -0.4 is 19.5 Å². The molecule has 0 unspecified atom stereocenters. The van der Waals surface area contributed by atoms with Gasteiger partial charge >= 0.3 is 0 Å². The Hall–Kier alpha value is -3.55. The van der Waals surface area contributed by atoms with E-state index in [-0.39, 0.29) is 12.5 Å². The first kappa shape index (κ1) is 19.2. The van der Waals surface area contributed by atoms with Gasteiger partial charge in [-0.2, -0.15) is 4.98 Å². The predicted octanol–water partition coefficient (Wildman–Crippen LogP) is 2.49. The number of amides is 1. The summed E-state index contributed by atoms with van der Waals surface area (Å²) in [5.41, 5.74) is 0.745. The molecule has 1 heterocycles. The van der Waals surface area contributed by atoms with E-state index >= 15 is 0 Å². The van der Waals surface area contributed by atoms with Crippen molar-refractivity contribution in [3.8, 4) is 28.6 Å². The van der Waals surface area contributed by atoms with E-state index in [1.165, 1.54) is 0 Å². The van der Waals surface area contributed by atoms with Gasteiger partial charge in [-0.25, -0.2) is 0 Å². The number of carbonyl (C=O) groups excluding carboxylic acids is 1. The first-order valence-electron chi connectivity index (χ1n) is 8.69. The fourth-order valence-electron chi connectivity index (χ4n) is 2.54. The maximum atomic E-state index is 12.0. The van der Waals surface area contributed by atoms with Crippen LogP contribution >= 0.6 is 0 Å². The van der Waals surface area contributed by atoms with Gasteiger partial charge in [0.15, 0.2) is 18.1 Å². The Labute approximate surface area is 162 Å². The van der Waals surface area contributed by atoms with Gasteiger partial charge in [-0.15, -0.1) is 0 Å². The number of rotatable bonds is 9. The molecule has 3 aromatic rings. The van der Waals surface area contributed by atoms with Crippen molar-refractivity contribution in [1.29, 1.82) is 0 Å². The molecular weight excluding hydrogens is 362 g/mol. The number of aromatic nitrogens is 2. The van der Waals surface area contributed by atoms with E-state index in [0.29, 0.717) is 41.9 Å². The summed E-state index contributed by atoms with van der Waals surface area (Å²) in [6.45, 7) is 0.234. The smallest absolute Gasteiger partial charge is 0.257 e. The summed E-state index contributed by atoms with van der Waals surface area (Å²) in [5, 5.41) is 6.72. The lowest BCUT2D eigenvalue weighted by Gasteiger charge is -2.10. The molecule has 8 heteroatoms. The standard InChI is InChI=1S/C20H21N3O5/c1-25-15-8-4-3-7-14(15)20-22-19(28-23-20)11-12-21-18(24)13-27-17-10-6-5-9-16(17)26-2/h3-10H,11-13H2,1-2H3,(H,21,24). The van der Waals surface area contributed by atoms with E-state index in [2.05, 4.69) is 15.5 Å². The third-order valence-electron chi connectivity index (χ3n) is 3.90. The van der Waals surface area contributed by atoms with Crippen LogP contribution in [0.1, 0.15) is 5.89 Å². The van der Waals surface area contributed by atoms with Crippen LogP contribution in [0.15, 0.2) is 53.1 Å². The van der Waals surface area contributed by atoms with Crippen LogP contribution in [0.5, 0.6) is 17.2 Å². The van der Waals surface area contributed by atoms with E-state index in [1.807, 2.05) is 36.4 Å². The van der Waals surface area contributed by atoms with Gasteiger partial charge in [0, 0.05) is 13.0 Å². The summed E-state index contributed by atoms with van der Waals surface area (Å²) in [7, 11) is 3.13. The molecule has 0 bridgehead atoms. The van der Waals surface area contributed by atoms with Gasteiger partial charge in [-0.05, 0) is 24.3 Å². The maximum Gasteiger partial charge on any atom is 0.257 e. The van der Waals surface area contributed by atoms with Crippen molar-refractivity contribution in [2.75, 3.05) is 27.4 Å². The van der Waals surface area contributed by atoms with Crippen LogP contribution in [-0.4, -0.2) is 43.4 Å². The lowest BCUT2D eigenvalue weighted by molar-refractivity contribution is -0.123. The van der Waals surface area contributed by atoms with Crippen LogP contribution in [-0.2, 0) is 11.2 Å². The summed E-state index contributed by atoms with van der Waals surface area (Å²) in [6, 6.07) is 14.6. The highest BCUT2D eigenvalue weighted by Gasteiger charge is 2.13. The first-order valence-corrected chi connectivity index (χ1v) is 8.69. The maximum absolute atomic E-state index is 12.0. The molecule has 8 nitrogen and oxygen atoms in total.